The molecule has 110 valence electrons. The molecule has 0 bridgehead atoms. The number of thiocarbonyl (C=S) groups is 1. The molecule has 2 atom stereocenters. The number of fused-ring (bicyclic) bond motifs is 1. The summed E-state index contributed by atoms with van der Waals surface area (Å²) in [6.45, 7) is 4.92. The Kier molecular flexibility index (Phi) is 4.81. The maximum absolute atomic E-state index is 12.6. The summed E-state index contributed by atoms with van der Waals surface area (Å²) in [5, 5.41) is -0.711. The summed E-state index contributed by atoms with van der Waals surface area (Å²) >= 11 is 4.91. The molecule has 2 aliphatic heterocycles. The number of nitrogens with zero attached hydrogens (tertiary/aromatic N) is 2. The van der Waals surface area contributed by atoms with Crippen LogP contribution in [0.4, 0.5) is 0 Å². The predicted octanol–water partition coefficient (Wildman–Crippen LogP) is 0.551. The average Bonchev–Trinajstić information content (AvgIpc) is 2.38. The van der Waals surface area contributed by atoms with Crippen molar-refractivity contribution in [3.8, 4) is 0 Å². The van der Waals surface area contributed by atoms with Gasteiger partial charge >= 0.3 is 0 Å². The SMILES string of the molecule is CCC(C(N)=S)S(=O)(=O)N1CCN2CCCCC2C1. The Bertz CT molecular complexity index is 438. The summed E-state index contributed by atoms with van der Waals surface area (Å²) < 4.78 is 26.7. The Morgan fingerprint density at radius 1 is 1.37 bits per heavy atom. The van der Waals surface area contributed by atoms with Gasteiger partial charge in [0.2, 0.25) is 10.0 Å². The topological polar surface area (TPSA) is 66.6 Å². The summed E-state index contributed by atoms with van der Waals surface area (Å²) in [4.78, 5) is 2.51. The first-order chi connectivity index (χ1) is 8.96. The van der Waals surface area contributed by atoms with Crippen LogP contribution >= 0.6 is 12.2 Å². The maximum atomic E-state index is 12.6. The average molecular weight is 305 g/mol. The highest BCUT2D eigenvalue weighted by molar-refractivity contribution is 7.92. The normalized spacial score (nSPS) is 27.7. The molecule has 2 aliphatic rings. The van der Waals surface area contributed by atoms with Crippen molar-refractivity contribution in [2.75, 3.05) is 26.2 Å². The van der Waals surface area contributed by atoms with Gasteiger partial charge in [-0.05, 0) is 25.8 Å². The lowest BCUT2D eigenvalue weighted by molar-refractivity contribution is 0.0850. The first-order valence-electron chi connectivity index (χ1n) is 6.99. The minimum Gasteiger partial charge on any atom is -0.392 e. The third kappa shape index (κ3) is 3.09. The largest absolute Gasteiger partial charge is 0.392 e. The number of hydrogen-bond acceptors (Lipinski definition) is 4. The van der Waals surface area contributed by atoms with Gasteiger partial charge in [0, 0.05) is 25.7 Å². The third-order valence-electron chi connectivity index (χ3n) is 4.21. The number of hydrogen-bond donors (Lipinski definition) is 1. The second-order valence-corrected chi connectivity index (χ2v) is 7.97. The van der Waals surface area contributed by atoms with Crippen molar-refractivity contribution < 1.29 is 8.42 Å². The van der Waals surface area contributed by atoms with Crippen molar-refractivity contribution in [3.63, 3.8) is 0 Å². The zero-order valence-electron chi connectivity index (χ0n) is 11.4. The highest BCUT2D eigenvalue weighted by atomic mass is 32.2. The van der Waals surface area contributed by atoms with E-state index in [9.17, 15) is 8.42 Å². The highest BCUT2D eigenvalue weighted by Gasteiger charge is 2.38. The molecule has 0 aromatic heterocycles. The molecular weight excluding hydrogens is 282 g/mol. The van der Waals surface area contributed by atoms with Crippen LogP contribution in [0.3, 0.4) is 0 Å². The van der Waals surface area contributed by atoms with Crippen molar-refractivity contribution in [1.29, 1.82) is 0 Å². The number of piperazine rings is 1. The maximum Gasteiger partial charge on any atom is 0.223 e. The fourth-order valence-electron chi connectivity index (χ4n) is 3.10. The lowest BCUT2D eigenvalue weighted by Crippen LogP contribution is -2.58. The van der Waals surface area contributed by atoms with Crippen molar-refractivity contribution in [1.82, 2.24) is 9.21 Å². The zero-order chi connectivity index (χ0) is 14.0. The molecule has 0 aromatic carbocycles. The molecule has 7 heteroatoms. The number of nitrogens with two attached hydrogens (primary N) is 1. The van der Waals surface area contributed by atoms with Crippen molar-refractivity contribution in [3.05, 3.63) is 0 Å². The summed E-state index contributed by atoms with van der Waals surface area (Å²) in [6.07, 6.45) is 3.97. The summed E-state index contributed by atoms with van der Waals surface area (Å²) in [7, 11) is -3.38. The fourth-order valence-corrected chi connectivity index (χ4v) is 5.42. The van der Waals surface area contributed by atoms with Crippen molar-refractivity contribution >= 4 is 27.2 Å². The van der Waals surface area contributed by atoms with Gasteiger partial charge in [0.1, 0.15) is 5.25 Å². The van der Waals surface area contributed by atoms with Gasteiger partial charge in [0.15, 0.2) is 0 Å². The van der Waals surface area contributed by atoms with E-state index in [1.165, 1.54) is 12.8 Å². The molecular formula is C12H23N3O2S2. The molecule has 0 aliphatic carbocycles. The van der Waals surface area contributed by atoms with E-state index in [2.05, 4.69) is 4.90 Å². The smallest absolute Gasteiger partial charge is 0.223 e. The molecule has 19 heavy (non-hydrogen) atoms. The highest BCUT2D eigenvalue weighted by Crippen LogP contribution is 2.24. The van der Waals surface area contributed by atoms with E-state index < -0.39 is 15.3 Å². The lowest BCUT2D eigenvalue weighted by atomic mass is 10.0. The molecule has 0 saturated carbocycles. The molecule has 2 fully saturated rings. The van der Waals surface area contributed by atoms with Crippen LogP contribution in [-0.2, 0) is 10.0 Å². The molecule has 2 N–H and O–H groups in total. The quantitative estimate of drug-likeness (QED) is 0.768. The summed E-state index contributed by atoms with van der Waals surface area (Å²) in [6, 6.07) is 0.376. The Morgan fingerprint density at radius 2 is 2.11 bits per heavy atom. The van der Waals surface area contributed by atoms with Gasteiger partial charge < -0.3 is 5.73 Å². The molecule has 2 rings (SSSR count). The second kappa shape index (κ2) is 6.03. The summed E-state index contributed by atoms with van der Waals surface area (Å²) in [5.74, 6) is 0. The fraction of sp³-hybridized carbons (Fsp3) is 0.917. The number of rotatable bonds is 4. The monoisotopic (exact) mass is 305 g/mol. The van der Waals surface area contributed by atoms with E-state index in [0.717, 1.165) is 19.5 Å². The first-order valence-corrected chi connectivity index (χ1v) is 8.90. The Hall–Kier alpha value is -0.240. The minimum atomic E-state index is -3.38. The predicted molar refractivity (Wildman–Crippen MR) is 80.6 cm³/mol. The van der Waals surface area contributed by atoms with Crippen LogP contribution in [0, 0.1) is 0 Å². The van der Waals surface area contributed by atoms with Gasteiger partial charge in [0.05, 0.1) is 4.99 Å². The molecule has 2 unspecified atom stereocenters. The van der Waals surface area contributed by atoms with E-state index >= 15 is 0 Å². The summed E-state index contributed by atoms with van der Waals surface area (Å²) in [5.41, 5.74) is 5.59. The molecule has 0 radical (unpaired) electrons. The minimum absolute atomic E-state index is 0.0913. The Morgan fingerprint density at radius 3 is 2.74 bits per heavy atom. The molecule has 0 amide bonds. The lowest BCUT2D eigenvalue weighted by Gasteiger charge is -2.44. The van der Waals surface area contributed by atoms with E-state index in [1.54, 1.807) is 4.31 Å². The Balaban J connectivity index is 2.11. The van der Waals surface area contributed by atoms with E-state index in [-0.39, 0.29) is 4.99 Å². The molecule has 0 aromatic rings. The van der Waals surface area contributed by atoms with Crippen LogP contribution in [-0.4, -0.2) is 60.1 Å². The van der Waals surface area contributed by atoms with E-state index in [1.807, 2.05) is 6.92 Å². The van der Waals surface area contributed by atoms with E-state index in [4.69, 9.17) is 18.0 Å². The number of sulfonamides is 1. The van der Waals surface area contributed by atoms with Gasteiger partial charge in [-0.1, -0.05) is 25.6 Å². The standard InChI is InChI=1S/C12H23N3O2S2/c1-2-11(12(13)18)19(16,17)15-8-7-14-6-4-3-5-10(14)9-15/h10-11H,2-9H2,1H3,(H2,13,18). The van der Waals surface area contributed by atoms with Crippen LogP contribution < -0.4 is 5.73 Å². The molecule has 2 saturated heterocycles. The van der Waals surface area contributed by atoms with Crippen molar-refractivity contribution in [2.45, 2.75) is 43.9 Å². The second-order valence-electron chi connectivity index (χ2n) is 5.39. The molecule has 2 heterocycles. The van der Waals surface area contributed by atoms with E-state index in [0.29, 0.717) is 25.6 Å². The van der Waals surface area contributed by atoms with Gasteiger partial charge in [0.25, 0.3) is 0 Å². The molecule has 0 spiro atoms. The van der Waals surface area contributed by atoms with Gasteiger partial charge in [-0.3, -0.25) is 4.90 Å². The zero-order valence-corrected chi connectivity index (χ0v) is 13.0. The number of piperidine rings is 1. The van der Waals surface area contributed by atoms with Crippen molar-refractivity contribution in [2.24, 2.45) is 5.73 Å². The first kappa shape index (κ1) is 15.2. The Labute approximate surface area is 121 Å². The van der Waals surface area contributed by atoms with Crippen LogP contribution in [0.5, 0.6) is 0 Å². The van der Waals surface area contributed by atoms with Crippen LogP contribution in [0.25, 0.3) is 0 Å². The van der Waals surface area contributed by atoms with Gasteiger partial charge in [-0.2, -0.15) is 4.31 Å². The third-order valence-corrected chi connectivity index (χ3v) is 7.00. The van der Waals surface area contributed by atoms with Crippen LogP contribution in [0.2, 0.25) is 0 Å². The molecule has 5 nitrogen and oxygen atoms in total. The van der Waals surface area contributed by atoms with Gasteiger partial charge in [-0.25, -0.2) is 8.42 Å². The van der Waals surface area contributed by atoms with Crippen LogP contribution in [0.15, 0.2) is 0 Å². The van der Waals surface area contributed by atoms with Crippen LogP contribution in [0.1, 0.15) is 32.6 Å². The van der Waals surface area contributed by atoms with Gasteiger partial charge in [-0.15, -0.1) is 0 Å².